The molecule has 0 unspecified atom stereocenters. The number of nitrogens with one attached hydrogen (secondary N) is 1. The second-order valence-electron chi connectivity index (χ2n) is 5.40. The topological polar surface area (TPSA) is 121 Å². The van der Waals surface area contributed by atoms with Gasteiger partial charge in [-0.15, -0.1) is 0 Å². The minimum absolute atomic E-state index is 0.242. The van der Waals surface area contributed by atoms with Gasteiger partial charge in [0.15, 0.2) is 0 Å². The number of pyridine rings is 1. The molecule has 0 amide bonds. The first-order chi connectivity index (χ1) is 12.5. The van der Waals surface area contributed by atoms with Crippen molar-refractivity contribution >= 4 is 57.5 Å². The van der Waals surface area contributed by atoms with Gasteiger partial charge < -0.3 is 16.8 Å². The highest BCUT2D eigenvalue weighted by Crippen LogP contribution is 2.30. The second kappa shape index (κ2) is 6.32. The summed E-state index contributed by atoms with van der Waals surface area (Å²) in [5, 5.41) is 9.23. The summed E-state index contributed by atoms with van der Waals surface area (Å²) in [6, 6.07) is 8.51. The van der Waals surface area contributed by atoms with Crippen LogP contribution in [0.2, 0.25) is 10.0 Å². The number of nitrogen functional groups attached to an aromatic ring is 2. The maximum absolute atomic E-state index is 6.27. The van der Waals surface area contributed by atoms with E-state index in [4.69, 9.17) is 34.7 Å². The molecule has 0 atom stereocenters. The van der Waals surface area contributed by atoms with Crippen LogP contribution >= 0.6 is 23.2 Å². The number of halogens is 2. The lowest BCUT2D eigenvalue weighted by Gasteiger charge is -2.06. The van der Waals surface area contributed by atoms with E-state index in [1.54, 1.807) is 41.3 Å². The molecule has 26 heavy (non-hydrogen) atoms. The zero-order valence-electron chi connectivity index (χ0n) is 13.2. The summed E-state index contributed by atoms with van der Waals surface area (Å²) < 4.78 is 1.61. The van der Waals surface area contributed by atoms with Crippen LogP contribution < -0.4 is 16.8 Å². The average Bonchev–Trinajstić information content (AvgIpc) is 2.98. The van der Waals surface area contributed by atoms with Crippen LogP contribution in [-0.4, -0.2) is 24.7 Å². The van der Waals surface area contributed by atoms with E-state index >= 15 is 0 Å². The van der Waals surface area contributed by atoms with E-state index in [2.05, 4.69) is 25.4 Å². The van der Waals surface area contributed by atoms with Gasteiger partial charge in [0.25, 0.3) is 0 Å². The number of aromatic nitrogens is 5. The third-order valence-corrected chi connectivity index (χ3v) is 4.21. The summed E-state index contributed by atoms with van der Waals surface area (Å²) in [6.07, 6.45) is 3.39. The van der Waals surface area contributed by atoms with Gasteiger partial charge >= 0.3 is 0 Å². The number of nitrogens with zero attached hydrogens (tertiary/aromatic N) is 5. The first-order valence-electron chi connectivity index (χ1n) is 7.47. The Morgan fingerprint density at radius 3 is 2.38 bits per heavy atom. The van der Waals surface area contributed by atoms with Crippen molar-refractivity contribution < 1.29 is 0 Å². The highest BCUT2D eigenvalue weighted by atomic mass is 35.5. The van der Waals surface area contributed by atoms with Crippen LogP contribution in [0.4, 0.5) is 23.4 Å². The van der Waals surface area contributed by atoms with Gasteiger partial charge in [-0.2, -0.15) is 15.1 Å². The molecule has 0 spiro atoms. The maximum Gasteiger partial charge on any atom is 0.232 e. The van der Waals surface area contributed by atoms with Crippen molar-refractivity contribution in [1.82, 2.24) is 24.7 Å². The summed E-state index contributed by atoms with van der Waals surface area (Å²) in [7, 11) is 0. The maximum atomic E-state index is 6.27. The molecule has 10 heteroatoms. The van der Waals surface area contributed by atoms with E-state index in [1.165, 1.54) is 6.07 Å². The van der Waals surface area contributed by atoms with Gasteiger partial charge in [-0.3, -0.25) is 0 Å². The number of nitrogens with two attached hydrogens (primary N) is 2. The molecule has 3 heterocycles. The van der Waals surface area contributed by atoms with E-state index in [0.29, 0.717) is 27.1 Å². The molecular weight excluding hydrogens is 375 g/mol. The Bertz CT molecular complexity index is 1080. The first-order valence-corrected chi connectivity index (χ1v) is 8.22. The van der Waals surface area contributed by atoms with Gasteiger partial charge in [0.05, 0.1) is 20.9 Å². The predicted molar refractivity (Wildman–Crippen MR) is 103 cm³/mol. The largest absolute Gasteiger partial charge is 0.383 e. The number of hydrogen-bond donors (Lipinski definition) is 3. The van der Waals surface area contributed by atoms with Crippen LogP contribution in [-0.2, 0) is 0 Å². The molecule has 130 valence electrons. The number of benzene rings is 1. The Labute approximate surface area is 157 Å². The van der Waals surface area contributed by atoms with E-state index < -0.39 is 0 Å². The van der Waals surface area contributed by atoms with Crippen LogP contribution in [0.25, 0.3) is 16.6 Å². The van der Waals surface area contributed by atoms with Crippen molar-refractivity contribution in [2.24, 2.45) is 0 Å². The minimum atomic E-state index is 0.242. The van der Waals surface area contributed by atoms with Gasteiger partial charge in [0, 0.05) is 18.5 Å². The molecule has 0 radical (unpaired) electrons. The van der Waals surface area contributed by atoms with Crippen molar-refractivity contribution in [3.63, 3.8) is 0 Å². The van der Waals surface area contributed by atoms with Crippen molar-refractivity contribution in [3.8, 4) is 5.69 Å². The summed E-state index contributed by atoms with van der Waals surface area (Å²) >= 11 is 12.5. The third-order valence-electron chi connectivity index (χ3n) is 3.60. The summed E-state index contributed by atoms with van der Waals surface area (Å²) in [6.45, 7) is 0. The van der Waals surface area contributed by atoms with Crippen molar-refractivity contribution in [1.29, 1.82) is 0 Å². The highest BCUT2D eigenvalue weighted by Gasteiger charge is 2.14. The molecule has 0 aliphatic rings. The summed E-state index contributed by atoms with van der Waals surface area (Å²) in [5.74, 6) is 1.25. The van der Waals surface area contributed by atoms with E-state index in [9.17, 15) is 0 Å². The highest BCUT2D eigenvalue weighted by molar-refractivity contribution is 6.37. The SMILES string of the molecule is Nc1cc(N)nc(Nc2nccc3nn(-c4c(Cl)cccc4Cl)cc23)n1. The van der Waals surface area contributed by atoms with Crippen LogP contribution in [0.15, 0.2) is 42.7 Å². The lowest BCUT2D eigenvalue weighted by atomic mass is 10.3. The number of anilines is 4. The van der Waals surface area contributed by atoms with E-state index in [0.717, 1.165) is 5.39 Å². The molecule has 1 aromatic carbocycles. The van der Waals surface area contributed by atoms with Gasteiger partial charge in [0.2, 0.25) is 5.95 Å². The van der Waals surface area contributed by atoms with Gasteiger partial charge in [0.1, 0.15) is 23.1 Å². The Hall–Kier alpha value is -3.10. The molecule has 4 aromatic rings. The smallest absolute Gasteiger partial charge is 0.232 e. The molecule has 0 aliphatic heterocycles. The van der Waals surface area contributed by atoms with E-state index in [1.807, 2.05) is 0 Å². The lowest BCUT2D eigenvalue weighted by molar-refractivity contribution is 0.897. The molecule has 0 saturated carbocycles. The molecule has 8 nitrogen and oxygen atoms in total. The van der Waals surface area contributed by atoms with Crippen molar-refractivity contribution in [3.05, 3.63) is 52.8 Å². The normalized spacial score (nSPS) is 11.0. The summed E-state index contributed by atoms with van der Waals surface area (Å²) in [5.41, 5.74) is 12.7. The first kappa shape index (κ1) is 16.4. The zero-order chi connectivity index (χ0) is 18.3. The molecule has 0 saturated heterocycles. The number of para-hydroxylation sites is 1. The van der Waals surface area contributed by atoms with Gasteiger partial charge in [-0.05, 0) is 18.2 Å². The van der Waals surface area contributed by atoms with Crippen LogP contribution in [0.5, 0.6) is 0 Å². The van der Waals surface area contributed by atoms with Crippen molar-refractivity contribution in [2.75, 3.05) is 16.8 Å². The molecule has 0 fully saturated rings. The Kier molecular flexibility index (Phi) is 3.98. The zero-order valence-corrected chi connectivity index (χ0v) is 14.7. The fourth-order valence-electron chi connectivity index (χ4n) is 2.51. The Morgan fingerprint density at radius 1 is 1.00 bits per heavy atom. The quantitative estimate of drug-likeness (QED) is 0.493. The van der Waals surface area contributed by atoms with Crippen LogP contribution in [0.3, 0.4) is 0 Å². The minimum Gasteiger partial charge on any atom is -0.383 e. The average molecular weight is 387 g/mol. The second-order valence-corrected chi connectivity index (χ2v) is 6.22. The number of fused-ring (bicyclic) bond motifs is 1. The van der Waals surface area contributed by atoms with Crippen LogP contribution in [0, 0.1) is 0 Å². The predicted octanol–water partition coefficient (Wildman–Crippen LogP) is 3.43. The number of rotatable bonds is 3. The molecule has 4 rings (SSSR count). The van der Waals surface area contributed by atoms with E-state index in [-0.39, 0.29) is 17.6 Å². The molecule has 5 N–H and O–H groups in total. The fraction of sp³-hybridized carbons (Fsp3) is 0. The fourth-order valence-corrected chi connectivity index (χ4v) is 3.08. The Morgan fingerprint density at radius 2 is 1.69 bits per heavy atom. The van der Waals surface area contributed by atoms with Gasteiger partial charge in [-0.1, -0.05) is 29.3 Å². The van der Waals surface area contributed by atoms with Crippen molar-refractivity contribution in [2.45, 2.75) is 0 Å². The standard InChI is InChI=1S/C16H12Cl2N8/c17-9-2-1-3-10(18)14(9)26-7-8-11(25-26)4-5-21-15(8)24-16-22-12(19)6-13(20)23-16/h1-7H,(H5,19,20,21,22,23,24). The molecule has 3 aromatic heterocycles. The van der Waals surface area contributed by atoms with Crippen LogP contribution in [0.1, 0.15) is 0 Å². The third kappa shape index (κ3) is 2.96. The Balaban J connectivity index is 1.81. The molecule has 0 bridgehead atoms. The molecular formula is C16H12Cl2N8. The lowest BCUT2D eigenvalue weighted by Crippen LogP contribution is -2.04. The monoisotopic (exact) mass is 386 g/mol. The molecule has 0 aliphatic carbocycles. The summed E-state index contributed by atoms with van der Waals surface area (Å²) in [4.78, 5) is 12.5. The number of hydrogen-bond acceptors (Lipinski definition) is 7. The van der Waals surface area contributed by atoms with Gasteiger partial charge in [-0.25, -0.2) is 9.67 Å².